The number of pyridine rings is 1. The van der Waals surface area contributed by atoms with Gasteiger partial charge in [-0.15, -0.1) is 0 Å². The Morgan fingerprint density at radius 3 is 2.59 bits per heavy atom. The first-order chi connectivity index (χ1) is 8.19. The number of hydrogen-bond acceptors (Lipinski definition) is 3. The zero-order valence-electron chi connectivity index (χ0n) is 10.0. The van der Waals surface area contributed by atoms with Crippen LogP contribution in [0.3, 0.4) is 0 Å². The van der Waals surface area contributed by atoms with E-state index in [9.17, 15) is 0 Å². The van der Waals surface area contributed by atoms with Crippen LogP contribution in [0.2, 0.25) is 0 Å². The number of rotatable bonds is 3. The summed E-state index contributed by atoms with van der Waals surface area (Å²) in [6, 6.07) is 6.19. The Kier molecular flexibility index (Phi) is 3.20. The van der Waals surface area contributed by atoms with Gasteiger partial charge in [0, 0.05) is 23.1 Å². The van der Waals surface area contributed by atoms with Gasteiger partial charge in [0.15, 0.2) is 0 Å². The summed E-state index contributed by atoms with van der Waals surface area (Å²) in [6.45, 7) is 4.60. The second-order valence-corrected chi connectivity index (χ2v) is 4.04. The van der Waals surface area contributed by atoms with Crippen LogP contribution < -0.4 is 0 Å². The van der Waals surface area contributed by atoms with Crippen LogP contribution >= 0.6 is 0 Å². The van der Waals surface area contributed by atoms with E-state index in [1.807, 2.05) is 38.4 Å². The average Bonchev–Trinajstić information content (AvgIpc) is 2.73. The molecule has 0 aliphatic heterocycles. The summed E-state index contributed by atoms with van der Waals surface area (Å²) >= 11 is 0. The summed E-state index contributed by atoms with van der Waals surface area (Å²) in [5, 5.41) is 12.8. The van der Waals surface area contributed by atoms with Crippen LogP contribution in [-0.2, 0) is 6.54 Å². The van der Waals surface area contributed by atoms with Crippen LogP contribution in [0.5, 0.6) is 0 Å². The molecule has 0 atom stereocenters. The van der Waals surface area contributed by atoms with E-state index in [0.29, 0.717) is 13.0 Å². The number of aryl methyl sites for hydroxylation is 3. The monoisotopic (exact) mass is 226 g/mol. The fourth-order valence-corrected chi connectivity index (χ4v) is 1.80. The van der Waals surface area contributed by atoms with Gasteiger partial charge in [0.25, 0.3) is 0 Å². The van der Waals surface area contributed by atoms with Crippen LogP contribution in [0.15, 0.2) is 24.5 Å². The minimum Gasteiger partial charge on any atom is -0.271 e. The third kappa shape index (κ3) is 2.70. The molecule has 0 aliphatic rings. The molecule has 0 N–H and O–H groups in total. The van der Waals surface area contributed by atoms with E-state index in [1.165, 1.54) is 0 Å². The van der Waals surface area contributed by atoms with E-state index >= 15 is 0 Å². The molecule has 2 aromatic heterocycles. The minimum atomic E-state index is 0.482. The molecule has 0 aromatic carbocycles. The lowest BCUT2D eigenvalue weighted by atomic mass is 10.1. The molecule has 4 nitrogen and oxygen atoms in total. The maximum absolute atomic E-state index is 8.52. The van der Waals surface area contributed by atoms with Crippen LogP contribution in [-0.4, -0.2) is 14.8 Å². The summed E-state index contributed by atoms with van der Waals surface area (Å²) < 4.78 is 1.80. The van der Waals surface area contributed by atoms with Crippen LogP contribution in [0, 0.1) is 25.2 Å². The largest absolute Gasteiger partial charge is 0.271 e. The SMILES string of the molecule is Cc1cc(-c2cnn(CCC#N)c2)cc(C)n1. The van der Waals surface area contributed by atoms with E-state index in [1.54, 1.807) is 4.68 Å². The van der Waals surface area contributed by atoms with Crippen molar-refractivity contribution < 1.29 is 0 Å². The Morgan fingerprint density at radius 2 is 1.94 bits per heavy atom. The quantitative estimate of drug-likeness (QED) is 0.807. The molecule has 4 heteroatoms. The Balaban J connectivity index is 2.27. The summed E-state index contributed by atoms with van der Waals surface area (Å²) in [7, 11) is 0. The lowest BCUT2D eigenvalue weighted by molar-refractivity contribution is 0.628. The molecule has 0 amide bonds. The van der Waals surface area contributed by atoms with Crippen molar-refractivity contribution in [1.82, 2.24) is 14.8 Å². The second-order valence-electron chi connectivity index (χ2n) is 4.04. The molecule has 0 aliphatic carbocycles. The fraction of sp³-hybridized carbons (Fsp3) is 0.308. The molecule has 17 heavy (non-hydrogen) atoms. The van der Waals surface area contributed by atoms with Crippen molar-refractivity contribution in [1.29, 1.82) is 5.26 Å². The van der Waals surface area contributed by atoms with E-state index in [2.05, 4.69) is 16.2 Å². The summed E-state index contributed by atoms with van der Waals surface area (Å²) in [6.07, 6.45) is 4.27. The molecule has 0 saturated heterocycles. The molecule has 0 radical (unpaired) electrons. The predicted molar refractivity (Wildman–Crippen MR) is 65.2 cm³/mol. The zero-order chi connectivity index (χ0) is 12.3. The van der Waals surface area contributed by atoms with Crippen molar-refractivity contribution in [3.05, 3.63) is 35.9 Å². The van der Waals surface area contributed by atoms with Crippen LogP contribution in [0.4, 0.5) is 0 Å². The lowest BCUT2D eigenvalue weighted by Gasteiger charge is -2.01. The minimum absolute atomic E-state index is 0.482. The first-order valence-electron chi connectivity index (χ1n) is 5.54. The van der Waals surface area contributed by atoms with E-state index < -0.39 is 0 Å². The molecular formula is C13H14N4. The van der Waals surface area contributed by atoms with Gasteiger partial charge in [0.1, 0.15) is 0 Å². The van der Waals surface area contributed by atoms with Gasteiger partial charge in [-0.1, -0.05) is 0 Å². The van der Waals surface area contributed by atoms with E-state index in [0.717, 1.165) is 22.5 Å². The molecule has 86 valence electrons. The molecule has 0 unspecified atom stereocenters. The molecule has 2 aromatic rings. The smallest absolute Gasteiger partial charge is 0.0641 e. The highest BCUT2D eigenvalue weighted by molar-refractivity contribution is 5.62. The number of hydrogen-bond donors (Lipinski definition) is 0. The van der Waals surface area contributed by atoms with Crippen LogP contribution in [0.25, 0.3) is 11.1 Å². The van der Waals surface area contributed by atoms with Crippen LogP contribution in [0.1, 0.15) is 17.8 Å². The number of nitriles is 1. The van der Waals surface area contributed by atoms with Gasteiger partial charge >= 0.3 is 0 Å². The summed E-state index contributed by atoms with van der Waals surface area (Å²) in [4.78, 5) is 4.35. The van der Waals surface area contributed by atoms with E-state index in [-0.39, 0.29) is 0 Å². The summed E-state index contributed by atoms with van der Waals surface area (Å²) in [5.74, 6) is 0. The van der Waals surface area contributed by atoms with Gasteiger partial charge in [-0.05, 0) is 31.5 Å². The van der Waals surface area contributed by atoms with Gasteiger partial charge in [0.2, 0.25) is 0 Å². The van der Waals surface area contributed by atoms with Crippen molar-refractivity contribution in [3.8, 4) is 17.2 Å². The third-order valence-electron chi connectivity index (χ3n) is 2.50. The Labute approximate surface area is 101 Å². The van der Waals surface area contributed by atoms with Crippen molar-refractivity contribution in [2.75, 3.05) is 0 Å². The molecular weight excluding hydrogens is 212 g/mol. The highest BCUT2D eigenvalue weighted by Gasteiger charge is 2.03. The molecule has 0 fully saturated rings. The standard InChI is InChI=1S/C13H14N4/c1-10-6-12(7-11(2)16-10)13-8-15-17(9-13)5-3-4-14/h6-9H,3,5H2,1-2H3. The van der Waals surface area contributed by atoms with Gasteiger partial charge < -0.3 is 0 Å². The molecule has 0 spiro atoms. The second kappa shape index (κ2) is 4.79. The normalized spacial score (nSPS) is 10.2. The Bertz CT molecular complexity index is 543. The van der Waals surface area contributed by atoms with Crippen molar-refractivity contribution in [2.24, 2.45) is 0 Å². The first-order valence-corrected chi connectivity index (χ1v) is 5.54. The van der Waals surface area contributed by atoms with Gasteiger partial charge in [-0.25, -0.2) is 0 Å². The maximum Gasteiger partial charge on any atom is 0.0641 e. The highest BCUT2D eigenvalue weighted by Crippen LogP contribution is 2.20. The Hall–Kier alpha value is -2.15. The van der Waals surface area contributed by atoms with E-state index in [4.69, 9.17) is 5.26 Å². The van der Waals surface area contributed by atoms with Crippen molar-refractivity contribution >= 4 is 0 Å². The third-order valence-corrected chi connectivity index (χ3v) is 2.50. The average molecular weight is 226 g/mol. The predicted octanol–water partition coefficient (Wildman–Crippen LogP) is 2.48. The highest BCUT2D eigenvalue weighted by atomic mass is 15.3. The van der Waals surface area contributed by atoms with Gasteiger partial charge in [-0.3, -0.25) is 9.67 Å². The fourth-order valence-electron chi connectivity index (χ4n) is 1.80. The summed E-state index contributed by atoms with van der Waals surface area (Å²) in [5.41, 5.74) is 4.20. The molecule has 2 rings (SSSR count). The molecule has 0 saturated carbocycles. The molecule has 0 bridgehead atoms. The van der Waals surface area contributed by atoms with Crippen molar-refractivity contribution in [2.45, 2.75) is 26.8 Å². The van der Waals surface area contributed by atoms with Gasteiger partial charge in [0.05, 0.1) is 25.2 Å². The van der Waals surface area contributed by atoms with Crippen molar-refractivity contribution in [3.63, 3.8) is 0 Å². The van der Waals surface area contributed by atoms with Gasteiger partial charge in [-0.2, -0.15) is 10.4 Å². The lowest BCUT2D eigenvalue weighted by Crippen LogP contribution is -1.96. The Morgan fingerprint density at radius 1 is 1.24 bits per heavy atom. The zero-order valence-corrected chi connectivity index (χ0v) is 10.0. The number of nitrogens with zero attached hydrogens (tertiary/aromatic N) is 4. The topological polar surface area (TPSA) is 54.5 Å². The first kappa shape index (κ1) is 11.3. The maximum atomic E-state index is 8.52. The molecule has 2 heterocycles. The number of aromatic nitrogens is 3.